The molecule has 3 nitrogen and oxygen atoms in total. The number of rotatable bonds is 8. The Kier molecular flexibility index (Phi) is 4.14. The van der Waals surface area contributed by atoms with Gasteiger partial charge in [0, 0.05) is 18.3 Å². The van der Waals surface area contributed by atoms with E-state index >= 15 is 0 Å². The van der Waals surface area contributed by atoms with Gasteiger partial charge in [0.1, 0.15) is 0 Å². The Morgan fingerprint density at radius 2 is 2.25 bits per heavy atom. The maximum absolute atomic E-state index is 11.2. The number of carbonyl (C=O) groups is 1. The molecule has 0 atom stereocenters. The molecule has 2 aliphatic rings. The molecule has 2 saturated carbocycles. The van der Waals surface area contributed by atoms with Gasteiger partial charge >= 0.3 is 5.97 Å². The lowest BCUT2D eigenvalue weighted by Crippen LogP contribution is -2.20. The van der Waals surface area contributed by atoms with Crippen molar-refractivity contribution in [3.63, 3.8) is 0 Å². The lowest BCUT2D eigenvalue weighted by molar-refractivity contribution is -0.141. The number of hydrogen-bond acceptors (Lipinski definition) is 4. The van der Waals surface area contributed by atoms with E-state index in [1.54, 1.807) is 0 Å². The summed E-state index contributed by atoms with van der Waals surface area (Å²) in [5.41, 5.74) is 0.289. The summed E-state index contributed by atoms with van der Waals surface area (Å²) in [5.74, 6) is 2.24. The van der Waals surface area contributed by atoms with Crippen molar-refractivity contribution < 1.29 is 9.53 Å². The molecule has 0 saturated heterocycles. The third kappa shape index (κ3) is 3.98. The normalized spacial score (nSPS) is 21.8. The zero-order chi connectivity index (χ0) is 11.4. The van der Waals surface area contributed by atoms with Gasteiger partial charge < -0.3 is 10.1 Å². The Labute approximate surface area is 102 Å². The van der Waals surface area contributed by atoms with E-state index in [2.05, 4.69) is 5.32 Å². The molecule has 0 bridgehead atoms. The van der Waals surface area contributed by atoms with E-state index in [9.17, 15) is 4.79 Å². The van der Waals surface area contributed by atoms with E-state index < -0.39 is 0 Å². The van der Waals surface area contributed by atoms with Crippen LogP contribution in [0.1, 0.15) is 32.1 Å². The highest BCUT2D eigenvalue weighted by atomic mass is 32.2. The highest BCUT2D eigenvalue weighted by Crippen LogP contribution is 2.51. The number of methoxy groups -OCH3 is 1. The van der Waals surface area contributed by atoms with Crippen LogP contribution in [0.3, 0.4) is 0 Å². The number of thioether (sulfide) groups is 1. The van der Waals surface area contributed by atoms with Crippen molar-refractivity contribution in [2.45, 2.75) is 38.1 Å². The second kappa shape index (κ2) is 5.41. The van der Waals surface area contributed by atoms with Gasteiger partial charge in [0.05, 0.1) is 13.5 Å². The van der Waals surface area contributed by atoms with Crippen molar-refractivity contribution in [1.82, 2.24) is 5.32 Å². The zero-order valence-corrected chi connectivity index (χ0v) is 10.8. The SMILES string of the molecule is COC(=O)CC1(CSCCNC2CC2)CC1. The topological polar surface area (TPSA) is 38.3 Å². The standard InChI is InChI=1S/C12H21NO2S/c1-15-11(14)8-12(4-5-12)9-16-7-6-13-10-2-3-10/h10,13H,2-9H2,1H3. The number of nitrogens with one attached hydrogen (secondary N) is 1. The van der Waals surface area contributed by atoms with Crippen LogP contribution in [0.2, 0.25) is 0 Å². The summed E-state index contributed by atoms with van der Waals surface area (Å²) in [6.45, 7) is 1.11. The molecule has 0 amide bonds. The first kappa shape index (κ1) is 12.2. The molecule has 0 spiro atoms. The predicted octanol–water partition coefficient (Wildman–Crippen LogP) is 1.81. The molecular formula is C12H21NO2S. The largest absolute Gasteiger partial charge is 0.469 e. The molecule has 16 heavy (non-hydrogen) atoms. The summed E-state index contributed by atoms with van der Waals surface area (Å²) >= 11 is 1.97. The minimum Gasteiger partial charge on any atom is -0.469 e. The molecule has 0 aliphatic heterocycles. The highest BCUT2D eigenvalue weighted by Gasteiger charge is 2.44. The number of hydrogen-bond donors (Lipinski definition) is 1. The average molecular weight is 243 g/mol. The van der Waals surface area contributed by atoms with Gasteiger partial charge in [0.15, 0.2) is 0 Å². The van der Waals surface area contributed by atoms with Crippen molar-refractivity contribution in [2.24, 2.45) is 5.41 Å². The maximum atomic E-state index is 11.2. The number of carbonyl (C=O) groups excluding carboxylic acids is 1. The quantitative estimate of drug-likeness (QED) is 0.521. The van der Waals surface area contributed by atoms with Gasteiger partial charge in [0.25, 0.3) is 0 Å². The Morgan fingerprint density at radius 3 is 2.81 bits per heavy atom. The molecular weight excluding hydrogens is 222 g/mol. The van der Waals surface area contributed by atoms with Crippen LogP contribution in [0, 0.1) is 5.41 Å². The smallest absolute Gasteiger partial charge is 0.306 e. The first-order valence-electron chi connectivity index (χ1n) is 6.12. The van der Waals surface area contributed by atoms with Gasteiger partial charge in [-0.2, -0.15) is 11.8 Å². The first-order valence-corrected chi connectivity index (χ1v) is 7.28. The summed E-state index contributed by atoms with van der Waals surface area (Å²) in [6.07, 6.45) is 5.73. The fourth-order valence-electron chi connectivity index (χ4n) is 1.84. The van der Waals surface area contributed by atoms with E-state index in [-0.39, 0.29) is 11.4 Å². The van der Waals surface area contributed by atoms with Gasteiger partial charge in [0.2, 0.25) is 0 Å². The first-order chi connectivity index (χ1) is 7.74. The highest BCUT2D eigenvalue weighted by molar-refractivity contribution is 7.99. The molecule has 2 fully saturated rings. The molecule has 0 unspecified atom stereocenters. The molecule has 0 aromatic rings. The van der Waals surface area contributed by atoms with E-state index in [4.69, 9.17) is 4.74 Å². The van der Waals surface area contributed by atoms with Crippen LogP contribution >= 0.6 is 11.8 Å². The van der Waals surface area contributed by atoms with Crippen molar-refractivity contribution in [2.75, 3.05) is 25.2 Å². The Hall–Kier alpha value is -0.220. The van der Waals surface area contributed by atoms with Crippen molar-refractivity contribution in [1.29, 1.82) is 0 Å². The summed E-state index contributed by atoms with van der Waals surface area (Å²) in [4.78, 5) is 11.2. The summed E-state index contributed by atoms with van der Waals surface area (Å²) in [5, 5.41) is 3.50. The molecule has 0 heterocycles. The molecule has 2 aliphatic carbocycles. The summed E-state index contributed by atoms with van der Waals surface area (Å²) < 4.78 is 4.73. The zero-order valence-electron chi connectivity index (χ0n) is 9.96. The fourth-order valence-corrected chi connectivity index (χ4v) is 3.07. The van der Waals surface area contributed by atoms with Crippen LogP contribution in [0.5, 0.6) is 0 Å². The second-order valence-electron chi connectivity index (χ2n) is 5.03. The third-order valence-corrected chi connectivity index (χ3v) is 4.68. The van der Waals surface area contributed by atoms with Crippen LogP contribution in [0.4, 0.5) is 0 Å². The van der Waals surface area contributed by atoms with Crippen LogP contribution in [0.15, 0.2) is 0 Å². The van der Waals surface area contributed by atoms with E-state index in [0.717, 1.165) is 18.3 Å². The van der Waals surface area contributed by atoms with Crippen LogP contribution in [-0.4, -0.2) is 37.2 Å². The molecule has 92 valence electrons. The molecule has 0 aromatic carbocycles. The Bertz CT molecular complexity index is 249. The van der Waals surface area contributed by atoms with Gasteiger partial charge in [-0.25, -0.2) is 0 Å². The van der Waals surface area contributed by atoms with Crippen LogP contribution < -0.4 is 5.32 Å². The van der Waals surface area contributed by atoms with E-state index in [1.165, 1.54) is 38.5 Å². The van der Waals surface area contributed by atoms with Crippen molar-refractivity contribution in [3.8, 4) is 0 Å². The molecule has 0 radical (unpaired) electrons. The molecule has 1 N–H and O–H groups in total. The maximum Gasteiger partial charge on any atom is 0.306 e. The number of ether oxygens (including phenoxy) is 1. The van der Waals surface area contributed by atoms with Gasteiger partial charge in [-0.3, -0.25) is 4.79 Å². The van der Waals surface area contributed by atoms with E-state index in [0.29, 0.717) is 6.42 Å². The van der Waals surface area contributed by atoms with E-state index in [1.807, 2.05) is 11.8 Å². The van der Waals surface area contributed by atoms with Crippen LogP contribution in [0.25, 0.3) is 0 Å². The fraction of sp³-hybridized carbons (Fsp3) is 0.917. The molecule has 0 aromatic heterocycles. The minimum absolute atomic E-state index is 0.0470. The van der Waals surface area contributed by atoms with Crippen molar-refractivity contribution >= 4 is 17.7 Å². The van der Waals surface area contributed by atoms with Crippen LogP contribution in [-0.2, 0) is 9.53 Å². The van der Waals surface area contributed by atoms with Gasteiger partial charge in [-0.15, -0.1) is 0 Å². The Morgan fingerprint density at radius 1 is 1.50 bits per heavy atom. The monoisotopic (exact) mass is 243 g/mol. The lowest BCUT2D eigenvalue weighted by atomic mass is 10.1. The summed E-state index contributed by atoms with van der Waals surface area (Å²) in [6, 6.07) is 0.811. The van der Waals surface area contributed by atoms with Gasteiger partial charge in [-0.05, 0) is 36.9 Å². The number of esters is 1. The molecule has 2 rings (SSSR count). The Balaban J connectivity index is 1.52. The lowest BCUT2D eigenvalue weighted by Gasteiger charge is -2.12. The van der Waals surface area contributed by atoms with Gasteiger partial charge in [-0.1, -0.05) is 0 Å². The average Bonchev–Trinajstić information content (AvgIpc) is 3.14. The predicted molar refractivity (Wildman–Crippen MR) is 66.6 cm³/mol. The van der Waals surface area contributed by atoms with Crippen molar-refractivity contribution in [3.05, 3.63) is 0 Å². The summed E-state index contributed by atoms with van der Waals surface area (Å²) in [7, 11) is 1.48. The third-order valence-electron chi connectivity index (χ3n) is 3.37. The minimum atomic E-state index is -0.0470. The molecule has 4 heteroatoms. The second-order valence-corrected chi connectivity index (χ2v) is 6.14.